The molecule has 5 heteroatoms. The fourth-order valence-electron chi connectivity index (χ4n) is 1.54. The summed E-state index contributed by atoms with van der Waals surface area (Å²) in [6.45, 7) is 5.92. The van der Waals surface area contributed by atoms with Gasteiger partial charge in [-0.3, -0.25) is 9.78 Å². The van der Waals surface area contributed by atoms with Gasteiger partial charge >= 0.3 is 0 Å². The minimum absolute atomic E-state index is 0.0418. The molecule has 0 aliphatic carbocycles. The second kappa shape index (κ2) is 4.71. The van der Waals surface area contributed by atoms with Gasteiger partial charge in [-0.15, -0.1) is 5.10 Å². The fourth-order valence-corrected chi connectivity index (χ4v) is 2.32. The highest BCUT2D eigenvalue weighted by Gasteiger charge is 2.20. The molecular formula is C12H13N3OS. The second-order valence-electron chi connectivity index (χ2n) is 4.22. The summed E-state index contributed by atoms with van der Waals surface area (Å²) >= 11 is 1.15. The first-order valence-electron chi connectivity index (χ1n) is 5.38. The molecule has 0 fully saturated rings. The molecular weight excluding hydrogens is 234 g/mol. The molecule has 0 radical (unpaired) electrons. The number of aryl methyl sites for hydroxylation is 1. The Morgan fingerprint density at radius 3 is 2.76 bits per heavy atom. The monoisotopic (exact) mass is 247 g/mol. The van der Waals surface area contributed by atoms with Gasteiger partial charge in [-0.2, -0.15) is 0 Å². The number of aromatic nitrogens is 3. The Morgan fingerprint density at radius 2 is 2.12 bits per heavy atom. The number of carbonyl (C=O) groups is 1. The molecule has 17 heavy (non-hydrogen) atoms. The summed E-state index contributed by atoms with van der Waals surface area (Å²) in [5.41, 5.74) is 2.33. The smallest absolute Gasteiger partial charge is 0.208 e. The van der Waals surface area contributed by atoms with E-state index in [-0.39, 0.29) is 11.7 Å². The first-order valence-corrected chi connectivity index (χ1v) is 6.15. The van der Waals surface area contributed by atoms with Crippen molar-refractivity contribution >= 4 is 17.3 Å². The van der Waals surface area contributed by atoms with Crippen molar-refractivity contribution in [1.29, 1.82) is 0 Å². The highest BCUT2D eigenvalue weighted by atomic mass is 32.1. The van der Waals surface area contributed by atoms with Gasteiger partial charge in [0.05, 0.1) is 5.69 Å². The average Bonchev–Trinajstić information content (AvgIpc) is 2.77. The maximum Gasteiger partial charge on any atom is 0.208 e. The molecule has 0 atom stereocenters. The second-order valence-corrected chi connectivity index (χ2v) is 4.98. The van der Waals surface area contributed by atoms with E-state index in [1.807, 2.05) is 26.8 Å². The molecule has 0 spiro atoms. The fraction of sp³-hybridized carbons (Fsp3) is 0.333. The van der Waals surface area contributed by atoms with Crippen LogP contribution < -0.4 is 0 Å². The maximum atomic E-state index is 12.3. The summed E-state index contributed by atoms with van der Waals surface area (Å²) in [4.78, 5) is 16.9. The zero-order valence-electron chi connectivity index (χ0n) is 9.97. The molecule has 0 N–H and O–H groups in total. The lowest BCUT2D eigenvalue weighted by molar-refractivity contribution is 0.104. The maximum absolute atomic E-state index is 12.3. The molecule has 0 unspecified atom stereocenters. The Morgan fingerprint density at radius 1 is 1.35 bits per heavy atom. The Hall–Kier alpha value is -1.62. The van der Waals surface area contributed by atoms with Crippen molar-refractivity contribution in [1.82, 2.24) is 14.6 Å². The summed E-state index contributed by atoms with van der Waals surface area (Å²) in [7, 11) is 0. The van der Waals surface area contributed by atoms with E-state index in [2.05, 4.69) is 14.6 Å². The molecule has 0 aliphatic rings. The van der Waals surface area contributed by atoms with E-state index in [1.165, 1.54) is 0 Å². The topological polar surface area (TPSA) is 55.7 Å². The van der Waals surface area contributed by atoms with Gasteiger partial charge in [0.2, 0.25) is 5.78 Å². The van der Waals surface area contributed by atoms with E-state index in [0.29, 0.717) is 10.4 Å². The van der Waals surface area contributed by atoms with Gasteiger partial charge < -0.3 is 0 Å². The minimum Gasteiger partial charge on any atom is -0.287 e. The number of nitrogens with zero attached hydrogens (tertiary/aromatic N) is 3. The summed E-state index contributed by atoms with van der Waals surface area (Å²) in [6.07, 6.45) is 3.31. The van der Waals surface area contributed by atoms with Gasteiger partial charge in [0.25, 0.3) is 0 Å². The van der Waals surface area contributed by atoms with E-state index in [0.717, 1.165) is 22.8 Å². The molecule has 0 bridgehead atoms. The third kappa shape index (κ3) is 2.39. The van der Waals surface area contributed by atoms with E-state index >= 15 is 0 Å². The summed E-state index contributed by atoms with van der Waals surface area (Å²) < 4.78 is 3.86. The number of rotatable bonds is 3. The van der Waals surface area contributed by atoms with Crippen LogP contribution in [-0.4, -0.2) is 20.4 Å². The van der Waals surface area contributed by atoms with Crippen LogP contribution >= 0.6 is 11.5 Å². The summed E-state index contributed by atoms with van der Waals surface area (Å²) in [6, 6.07) is 1.83. The zero-order chi connectivity index (χ0) is 12.4. The lowest BCUT2D eigenvalue weighted by atomic mass is 10.0. The number of pyridine rings is 1. The number of ketones is 1. The number of carbonyl (C=O) groups excluding carboxylic acids is 1. The van der Waals surface area contributed by atoms with Crippen molar-refractivity contribution in [2.75, 3.05) is 0 Å². The van der Waals surface area contributed by atoms with Crippen LogP contribution in [-0.2, 0) is 0 Å². The summed E-state index contributed by atoms with van der Waals surface area (Å²) in [5.74, 6) is 0.158. The first-order chi connectivity index (χ1) is 8.09. The van der Waals surface area contributed by atoms with Crippen LogP contribution in [0.1, 0.15) is 46.3 Å². The minimum atomic E-state index is -0.0418. The highest BCUT2D eigenvalue weighted by Crippen LogP contribution is 2.22. The van der Waals surface area contributed by atoms with Crippen molar-refractivity contribution in [3.05, 3.63) is 40.2 Å². The van der Waals surface area contributed by atoms with E-state index in [4.69, 9.17) is 0 Å². The molecule has 4 nitrogen and oxygen atoms in total. The predicted molar refractivity (Wildman–Crippen MR) is 66.4 cm³/mol. The predicted octanol–water partition coefficient (Wildman–Crippen LogP) is 2.60. The molecule has 0 amide bonds. The van der Waals surface area contributed by atoms with E-state index < -0.39 is 0 Å². The standard InChI is InChI=1S/C12H13N3OS/c1-7(2)10-12(17-15-14-10)11(16)9-4-8(3)5-13-6-9/h4-7H,1-3H3. The van der Waals surface area contributed by atoms with E-state index in [9.17, 15) is 4.79 Å². The van der Waals surface area contributed by atoms with Crippen molar-refractivity contribution in [3.63, 3.8) is 0 Å². The molecule has 2 rings (SSSR count). The molecule has 0 saturated heterocycles. The Labute approximate surface area is 104 Å². The average molecular weight is 247 g/mol. The van der Waals surface area contributed by atoms with Gasteiger partial charge in [-0.1, -0.05) is 18.3 Å². The van der Waals surface area contributed by atoms with Crippen LogP contribution in [0.4, 0.5) is 0 Å². The molecule has 88 valence electrons. The van der Waals surface area contributed by atoms with E-state index in [1.54, 1.807) is 12.4 Å². The lowest BCUT2D eigenvalue weighted by Crippen LogP contribution is -2.04. The lowest BCUT2D eigenvalue weighted by Gasteiger charge is -2.03. The Kier molecular flexibility index (Phi) is 3.28. The van der Waals surface area contributed by atoms with Crippen molar-refractivity contribution < 1.29 is 4.79 Å². The third-order valence-electron chi connectivity index (χ3n) is 2.40. The Bertz CT molecular complexity index is 548. The zero-order valence-corrected chi connectivity index (χ0v) is 10.8. The molecule has 0 aliphatic heterocycles. The molecule has 0 saturated carbocycles. The summed E-state index contributed by atoms with van der Waals surface area (Å²) in [5, 5.41) is 4.01. The van der Waals surface area contributed by atoms with Crippen LogP contribution in [0.25, 0.3) is 0 Å². The van der Waals surface area contributed by atoms with Gasteiger partial charge in [-0.05, 0) is 36.0 Å². The van der Waals surface area contributed by atoms with Crippen molar-refractivity contribution in [3.8, 4) is 0 Å². The highest BCUT2D eigenvalue weighted by molar-refractivity contribution is 7.08. The van der Waals surface area contributed by atoms with Gasteiger partial charge in [0.15, 0.2) is 0 Å². The first kappa shape index (κ1) is 11.9. The SMILES string of the molecule is Cc1cncc(C(=O)c2snnc2C(C)C)c1. The van der Waals surface area contributed by atoms with Gasteiger partial charge in [-0.25, -0.2) is 0 Å². The molecule has 2 heterocycles. The van der Waals surface area contributed by atoms with Crippen LogP contribution in [0.15, 0.2) is 18.5 Å². The van der Waals surface area contributed by atoms with Crippen LogP contribution in [0.3, 0.4) is 0 Å². The number of hydrogen-bond donors (Lipinski definition) is 0. The quantitative estimate of drug-likeness (QED) is 0.782. The van der Waals surface area contributed by atoms with Crippen molar-refractivity contribution in [2.45, 2.75) is 26.7 Å². The van der Waals surface area contributed by atoms with Crippen LogP contribution in [0, 0.1) is 6.92 Å². The number of hydrogen-bond acceptors (Lipinski definition) is 5. The normalized spacial score (nSPS) is 10.8. The largest absolute Gasteiger partial charge is 0.287 e. The molecule has 2 aromatic heterocycles. The molecule has 0 aromatic carbocycles. The van der Waals surface area contributed by atoms with Crippen LogP contribution in [0.5, 0.6) is 0 Å². The van der Waals surface area contributed by atoms with Gasteiger partial charge in [0.1, 0.15) is 4.88 Å². The Balaban J connectivity index is 2.41. The van der Waals surface area contributed by atoms with Gasteiger partial charge in [0, 0.05) is 18.0 Å². The third-order valence-corrected chi connectivity index (χ3v) is 3.14. The molecule has 2 aromatic rings. The van der Waals surface area contributed by atoms with Crippen LogP contribution in [0.2, 0.25) is 0 Å². The van der Waals surface area contributed by atoms with Crippen molar-refractivity contribution in [2.24, 2.45) is 0 Å².